The van der Waals surface area contributed by atoms with Gasteiger partial charge in [-0.3, -0.25) is 9.78 Å². The Balaban J connectivity index is 1.75. The summed E-state index contributed by atoms with van der Waals surface area (Å²) in [6.07, 6.45) is 8.14. The smallest absolute Gasteiger partial charge is 0.250 e. The van der Waals surface area contributed by atoms with E-state index in [1.54, 1.807) is 49.2 Å². The van der Waals surface area contributed by atoms with Crippen molar-refractivity contribution in [2.45, 2.75) is 5.16 Å². The molecule has 96 valence electrons. The van der Waals surface area contributed by atoms with Crippen LogP contribution in [0.5, 0.6) is 0 Å². The zero-order valence-electron chi connectivity index (χ0n) is 9.93. The monoisotopic (exact) mass is 273 g/mol. The molecule has 0 saturated heterocycles. The number of hydrogen-bond acceptors (Lipinski definition) is 6. The lowest BCUT2D eigenvalue weighted by molar-refractivity contribution is -0.118. The van der Waals surface area contributed by atoms with Crippen molar-refractivity contribution in [3.63, 3.8) is 0 Å². The van der Waals surface area contributed by atoms with E-state index < -0.39 is 0 Å². The highest BCUT2D eigenvalue weighted by molar-refractivity contribution is 7.99. The van der Waals surface area contributed by atoms with Crippen LogP contribution in [0, 0.1) is 0 Å². The van der Waals surface area contributed by atoms with Gasteiger partial charge in [-0.2, -0.15) is 5.10 Å². The number of amides is 1. The van der Waals surface area contributed by atoms with E-state index in [1.165, 1.54) is 11.8 Å². The van der Waals surface area contributed by atoms with E-state index in [1.807, 2.05) is 0 Å². The third-order valence-corrected chi connectivity index (χ3v) is 2.86. The van der Waals surface area contributed by atoms with Gasteiger partial charge in [0.15, 0.2) is 5.16 Å². The molecular weight excluding hydrogens is 262 g/mol. The van der Waals surface area contributed by atoms with Crippen LogP contribution >= 0.6 is 11.8 Å². The average Bonchev–Trinajstić information content (AvgIpc) is 2.47. The second-order valence-electron chi connectivity index (χ2n) is 3.39. The molecule has 0 bridgehead atoms. The van der Waals surface area contributed by atoms with Crippen molar-refractivity contribution < 1.29 is 4.79 Å². The topological polar surface area (TPSA) is 80.1 Å². The van der Waals surface area contributed by atoms with Crippen molar-refractivity contribution in [2.75, 3.05) is 5.75 Å². The third kappa shape index (κ3) is 4.84. The molecule has 0 aliphatic rings. The summed E-state index contributed by atoms with van der Waals surface area (Å²) >= 11 is 1.26. The SMILES string of the molecule is O=C(CSc1ncccn1)NN=Cc1ccncc1. The molecule has 2 aromatic rings. The van der Waals surface area contributed by atoms with Crippen LogP contribution in [0.15, 0.2) is 53.2 Å². The molecule has 2 heterocycles. The fourth-order valence-electron chi connectivity index (χ4n) is 1.15. The Morgan fingerprint density at radius 2 is 2.00 bits per heavy atom. The van der Waals surface area contributed by atoms with Crippen LogP contribution in [-0.2, 0) is 4.79 Å². The number of nitrogens with one attached hydrogen (secondary N) is 1. The summed E-state index contributed by atoms with van der Waals surface area (Å²) in [7, 11) is 0. The number of hydrazone groups is 1. The van der Waals surface area contributed by atoms with Crippen LogP contribution in [0.4, 0.5) is 0 Å². The summed E-state index contributed by atoms with van der Waals surface area (Å²) in [4.78, 5) is 23.4. The Labute approximate surface area is 114 Å². The van der Waals surface area contributed by atoms with Crippen LogP contribution in [0.3, 0.4) is 0 Å². The molecule has 0 aliphatic carbocycles. The predicted molar refractivity (Wildman–Crippen MR) is 72.7 cm³/mol. The Hall–Kier alpha value is -2.28. The number of carbonyl (C=O) groups excluding carboxylic acids is 1. The first kappa shape index (κ1) is 13.2. The molecule has 0 atom stereocenters. The van der Waals surface area contributed by atoms with Crippen LogP contribution in [-0.4, -0.2) is 32.8 Å². The van der Waals surface area contributed by atoms with Gasteiger partial charge in [-0.15, -0.1) is 0 Å². The first-order chi connectivity index (χ1) is 9.34. The van der Waals surface area contributed by atoms with E-state index in [2.05, 4.69) is 25.5 Å². The molecule has 0 radical (unpaired) electrons. The minimum Gasteiger partial charge on any atom is -0.272 e. The van der Waals surface area contributed by atoms with E-state index in [0.717, 1.165) is 5.56 Å². The molecule has 19 heavy (non-hydrogen) atoms. The summed E-state index contributed by atoms with van der Waals surface area (Å²) in [6.45, 7) is 0. The molecule has 2 aromatic heterocycles. The molecule has 0 aliphatic heterocycles. The highest BCUT2D eigenvalue weighted by Gasteiger charge is 2.02. The maximum Gasteiger partial charge on any atom is 0.250 e. The number of carbonyl (C=O) groups is 1. The molecule has 0 aromatic carbocycles. The molecule has 7 heteroatoms. The van der Waals surface area contributed by atoms with Crippen molar-refractivity contribution in [3.05, 3.63) is 48.5 Å². The normalized spacial score (nSPS) is 10.5. The Morgan fingerprint density at radius 1 is 1.26 bits per heavy atom. The molecule has 0 spiro atoms. The molecule has 1 amide bonds. The van der Waals surface area contributed by atoms with Gasteiger partial charge in [0.2, 0.25) is 0 Å². The lowest BCUT2D eigenvalue weighted by Gasteiger charge is -1.98. The molecular formula is C12H11N5OS. The number of rotatable bonds is 5. The summed E-state index contributed by atoms with van der Waals surface area (Å²) in [5.74, 6) is 0.0142. The van der Waals surface area contributed by atoms with Crippen molar-refractivity contribution in [3.8, 4) is 0 Å². The van der Waals surface area contributed by atoms with Gasteiger partial charge in [0.25, 0.3) is 5.91 Å². The molecule has 0 unspecified atom stereocenters. The van der Waals surface area contributed by atoms with E-state index in [4.69, 9.17) is 0 Å². The van der Waals surface area contributed by atoms with Gasteiger partial charge in [-0.05, 0) is 23.8 Å². The van der Waals surface area contributed by atoms with E-state index >= 15 is 0 Å². The van der Waals surface area contributed by atoms with Crippen molar-refractivity contribution >= 4 is 23.9 Å². The Morgan fingerprint density at radius 3 is 2.74 bits per heavy atom. The Kier molecular flexibility index (Phi) is 5.00. The summed E-state index contributed by atoms with van der Waals surface area (Å²) < 4.78 is 0. The summed E-state index contributed by atoms with van der Waals surface area (Å²) in [5, 5.41) is 4.41. The van der Waals surface area contributed by atoms with Crippen LogP contribution in [0.1, 0.15) is 5.56 Å². The third-order valence-electron chi connectivity index (χ3n) is 1.98. The second-order valence-corrected chi connectivity index (χ2v) is 4.34. The van der Waals surface area contributed by atoms with Gasteiger partial charge in [0.1, 0.15) is 0 Å². The van der Waals surface area contributed by atoms with Gasteiger partial charge in [-0.25, -0.2) is 15.4 Å². The number of pyridine rings is 1. The number of hydrogen-bond donors (Lipinski definition) is 1. The standard InChI is InChI=1S/C12H11N5OS/c18-11(9-19-12-14-4-1-5-15-12)17-16-8-10-2-6-13-7-3-10/h1-8H,9H2,(H,17,18). The minimum absolute atomic E-state index is 0.206. The molecule has 2 rings (SSSR count). The van der Waals surface area contributed by atoms with E-state index in [0.29, 0.717) is 5.16 Å². The number of thioether (sulfide) groups is 1. The van der Waals surface area contributed by atoms with Crippen molar-refractivity contribution in [1.29, 1.82) is 0 Å². The lowest BCUT2D eigenvalue weighted by Crippen LogP contribution is -2.19. The zero-order chi connectivity index (χ0) is 13.3. The van der Waals surface area contributed by atoms with Crippen molar-refractivity contribution in [1.82, 2.24) is 20.4 Å². The lowest BCUT2D eigenvalue weighted by atomic mass is 10.3. The molecule has 0 fully saturated rings. The van der Waals surface area contributed by atoms with E-state index in [9.17, 15) is 4.79 Å². The zero-order valence-corrected chi connectivity index (χ0v) is 10.7. The van der Waals surface area contributed by atoms with E-state index in [-0.39, 0.29) is 11.7 Å². The first-order valence-electron chi connectivity index (χ1n) is 5.46. The number of aromatic nitrogens is 3. The molecule has 0 saturated carbocycles. The first-order valence-corrected chi connectivity index (χ1v) is 6.45. The quantitative estimate of drug-likeness (QED) is 0.382. The van der Waals surface area contributed by atoms with Crippen LogP contribution < -0.4 is 5.43 Å². The van der Waals surface area contributed by atoms with Crippen molar-refractivity contribution in [2.24, 2.45) is 5.10 Å². The summed E-state index contributed by atoms with van der Waals surface area (Å²) in [6, 6.07) is 5.31. The van der Waals surface area contributed by atoms with Gasteiger partial charge >= 0.3 is 0 Å². The fraction of sp³-hybridized carbons (Fsp3) is 0.0833. The fourth-order valence-corrected chi connectivity index (χ4v) is 1.75. The highest BCUT2D eigenvalue weighted by Crippen LogP contribution is 2.09. The maximum atomic E-state index is 11.5. The summed E-state index contributed by atoms with van der Waals surface area (Å²) in [5.41, 5.74) is 3.30. The minimum atomic E-state index is -0.206. The molecule has 1 N–H and O–H groups in total. The predicted octanol–water partition coefficient (Wildman–Crippen LogP) is 1.11. The maximum absolute atomic E-state index is 11.5. The number of nitrogens with zero attached hydrogens (tertiary/aromatic N) is 4. The van der Waals surface area contributed by atoms with Gasteiger partial charge in [-0.1, -0.05) is 11.8 Å². The van der Waals surface area contributed by atoms with Gasteiger partial charge in [0.05, 0.1) is 12.0 Å². The largest absolute Gasteiger partial charge is 0.272 e. The Bertz CT molecular complexity index is 547. The van der Waals surface area contributed by atoms with Gasteiger partial charge < -0.3 is 0 Å². The molecule has 6 nitrogen and oxygen atoms in total. The average molecular weight is 273 g/mol. The van der Waals surface area contributed by atoms with Crippen LogP contribution in [0.25, 0.3) is 0 Å². The second kappa shape index (κ2) is 7.22. The highest BCUT2D eigenvalue weighted by atomic mass is 32.2. The van der Waals surface area contributed by atoms with Crippen LogP contribution in [0.2, 0.25) is 0 Å². The van der Waals surface area contributed by atoms with Gasteiger partial charge in [0, 0.05) is 24.8 Å².